The third-order valence-electron chi connectivity index (χ3n) is 5.54. The summed E-state index contributed by atoms with van der Waals surface area (Å²) < 4.78 is 1.93. The molecule has 0 spiro atoms. The Hall–Kier alpha value is -2.14. The van der Waals surface area contributed by atoms with E-state index < -0.39 is 0 Å². The Balaban J connectivity index is 1.66. The molecule has 0 bridgehead atoms. The van der Waals surface area contributed by atoms with Crippen molar-refractivity contribution in [2.75, 3.05) is 26.2 Å². The van der Waals surface area contributed by atoms with Crippen LogP contribution in [0.5, 0.6) is 0 Å². The molecule has 0 saturated carbocycles. The third kappa shape index (κ3) is 2.86. The highest BCUT2D eigenvalue weighted by Crippen LogP contribution is 2.30. The molecule has 2 fully saturated rings. The minimum Gasteiger partial charge on any atom is -0.338 e. The minimum absolute atomic E-state index is 0.136. The summed E-state index contributed by atoms with van der Waals surface area (Å²) in [5, 5.41) is 7.99. The number of fused-ring (bicyclic) bond motifs is 1. The number of hydrogen-bond acceptors (Lipinski definition) is 3. The van der Waals surface area contributed by atoms with Crippen LogP contribution in [-0.2, 0) is 0 Å². The quantitative estimate of drug-likeness (QED) is 0.936. The largest absolute Gasteiger partial charge is 0.338 e. The monoisotopic (exact) mass is 338 g/mol. The van der Waals surface area contributed by atoms with Crippen LogP contribution in [0.25, 0.3) is 5.69 Å². The number of likely N-dealkylation sites (tertiary alicyclic amines) is 1. The fourth-order valence-corrected chi connectivity index (χ4v) is 4.16. The number of aryl methyl sites for hydroxylation is 1. The minimum atomic E-state index is 0.136. The Bertz CT molecular complexity index is 765. The second kappa shape index (κ2) is 6.30. The van der Waals surface area contributed by atoms with E-state index in [9.17, 15) is 4.79 Å². The second-order valence-corrected chi connectivity index (χ2v) is 7.73. The van der Waals surface area contributed by atoms with E-state index in [-0.39, 0.29) is 11.8 Å². The van der Waals surface area contributed by atoms with Gasteiger partial charge in [-0.3, -0.25) is 4.79 Å². The van der Waals surface area contributed by atoms with E-state index in [1.807, 2.05) is 9.58 Å². The molecule has 1 amide bonds. The molecule has 1 N–H and O–H groups in total. The van der Waals surface area contributed by atoms with Crippen LogP contribution in [0.2, 0.25) is 0 Å². The lowest BCUT2D eigenvalue weighted by molar-refractivity contribution is 0.0780. The molecule has 2 saturated heterocycles. The molecule has 5 nitrogen and oxygen atoms in total. The van der Waals surface area contributed by atoms with Crippen molar-refractivity contribution in [3.63, 3.8) is 0 Å². The van der Waals surface area contributed by atoms with E-state index in [2.05, 4.69) is 55.5 Å². The first-order chi connectivity index (χ1) is 12.0. The van der Waals surface area contributed by atoms with E-state index in [0.29, 0.717) is 11.8 Å². The zero-order valence-electron chi connectivity index (χ0n) is 15.2. The van der Waals surface area contributed by atoms with Crippen molar-refractivity contribution < 1.29 is 4.79 Å². The summed E-state index contributed by atoms with van der Waals surface area (Å²) in [6, 6.07) is 8.29. The van der Waals surface area contributed by atoms with Gasteiger partial charge in [0.2, 0.25) is 0 Å². The first-order valence-electron chi connectivity index (χ1n) is 9.19. The highest BCUT2D eigenvalue weighted by molar-refractivity contribution is 5.95. The van der Waals surface area contributed by atoms with Gasteiger partial charge in [0.15, 0.2) is 0 Å². The predicted octanol–water partition coefficient (Wildman–Crippen LogP) is 2.60. The topological polar surface area (TPSA) is 50.2 Å². The van der Waals surface area contributed by atoms with Gasteiger partial charge in [-0.2, -0.15) is 5.10 Å². The van der Waals surface area contributed by atoms with Gasteiger partial charge in [-0.25, -0.2) is 4.68 Å². The molecule has 2 aromatic rings. The summed E-state index contributed by atoms with van der Waals surface area (Å²) in [7, 11) is 0. The van der Waals surface area contributed by atoms with Crippen LogP contribution in [-0.4, -0.2) is 46.8 Å². The standard InChI is InChI=1S/C20H26N4O/c1-13(2)19-18(10-22-24(19)17-6-4-14(3)5-7-17)20(25)23-11-15-8-21-9-16(15)12-23/h4-7,10,13,15-16,21H,8-9,11-12H2,1-3H3/t15-,16+. The fraction of sp³-hybridized carbons (Fsp3) is 0.500. The number of nitrogens with zero attached hydrogens (tertiary/aromatic N) is 3. The molecule has 4 rings (SSSR count). The number of amides is 1. The van der Waals surface area contributed by atoms with Crippen LogP contribution in [0.1, 0.15) is 41.4 Å². The second-order valence-electron chi connectivity index (χ2n) is 7.73. The Labute approximate surface area is 149 Å². The fourth-order valence-electron chi connectivity index (χ4n) is 4.16. The average molecular weight is 338 g/mol. The van der Waals surface area contributed by atoms with Crippen molar-refractivity contribution in [1.82, 2.24) is 20.0 Å². The number of nitrogens with one attached hydrogen (secondary N) is 1. The van der Waals surface area contributed by atoms with E-state index in [4.69, 9.17) is 0 Å². The Morgan fingerprint density at radius 2 is 1.80 bits per heavy atom. The van der Waals surface area contributed by atoms with E-state index in [1.54, 1.807) is 6.20 Å². The maximum Gasteiger partial charge on any atom is 0.257 e. The van der Waals surface area contributed by atoms with Crippen molar-refractivity contribution in [1.29, 1.82) is 0 Å². The normalized spacial score (nSPS) is 22.6. The highest BCUT2D eigenvalue weighted by Gasteiger charge is 2.39. The molecule has 25 heavy (non-hydrogen) atoms. The van der Waals surface area contributed by atoms with Gasteiger partial charge < -0.3 is 10.2 Å². The summed E-state index contributed by atoms with van der Waals surface area (Å²) in [6.45, 7) is 10.1. The van der Waals surface area contributed by atoms with Gasteiger partial charge in [-0.1, -0.05) is 31.5 Å². The van der Waals surface area contributed by atoms with Crippen LogP contribution in [0.4, 0.5) is 0 Å². The lowest BCUT2D eigenvalue weighted by Gasteiger charge is -2.19. The Morgan fingerprint density at radius 3 is 2.40 bits per heavy atom. The van der Waals surface area contributed by atoms with E-state index in [0.717, 1.165) is 43.1 Å². The smallest absolute Gasteiger partial charge is 0.257 e. The number of aromatic nitrogens is 2. The first kappa shape index (κ1) is 16.3. The molecule has 0 unspecified atom stereocenters. The zero-order valence-corrected chi connectivity index (χ0v) is 15.2. The molecule has 2 aliphatic rings. The van der Waals surface area contributed by atoms with Crippen LogP contribution in [0, 0.1) is 18.8 Å². The summed E-state index contributed by atoms with van der Waals surface area (Å²) in [5.41, 5.74) is 3.99. The molecule has 0 aliphatic carbocycles. The summed E-state index contributed by atoms with van der Waals surface area (Å²) in [4.78, 5) is 15.2. The van der Waals surface area contributed by atoms with Gasteiger partial charge in [-0.15, -0.1) is 0 Å². The number of hydrogen-bond donors (Lipinski definition) is 1. The molecule has 2 atom stereocenters. The van der Waals surface area contributed by atoms with Gasteiger partial charge in [0.05, 0.1) is 23.1 Å². The maximum atomic E-state index is 13.2. The maximum absolute atomic E-state index is 13.2. The molecular weight excluding hydrogens is 312 g/mol. The Morgan fingerprint density at radius 1 is 1.16 bits per heavy atom. The van der Waals surface area contributed by atoms with Crippen LogP contribution in [0.15, 0.2) is 30.5 Å². The van der Waals surface area contributed by atoms with Gasteiger partial charge in [0, 0.05) is 26.2 Å². The molecule has 1 aromatic heterocycles. The number of carbonyl (C=O) groups is 1. The van der Waals surface area contributed by atoms with Crippen molar-refractivity contribution in [2.24, 2.45) is 11.8 Å². The van der Waals surface area contributed by atoms with Crippen LogP contribution in [0.3, 0.4) is 0 Å². The van der Waals surface area contributed by atoms with E-state index in [1.165, 1.54) is 5.56 Å². The summed E-state index contributed by atoms with van der Waals surface area (Å²) in [5.74, 6) is 1.58. The van der Waals surface area contributed by atoms with Gasteiger partial charge in [-0.05, 0) is 36.8 Å². The number of benzene rings is 1. The van der Waals surface area contributed by atoms with Crippen molar-refractivity contribution >= 4 is 5.91 Å². The lowest BCUT2D eigenvalue weighted by atomic mass is 10.0. The van der Waals surface area contributed by atoms with Gasteiger partial charge in [0.25, 0.3) is 5.91 Å². The van der Waals surface area contributed by atoms with Gasteiger partial charge >= 0.3 is 0 Å². The van der Waals surface area contributed by atoms with Gasteiger partial charge in [0.1, 0.15) is 0 Å². The van der Waals surface area contributed by atoms with Crippen molar-refractivity contribution in [3.8, 4) is 5.69 Å². The highest BCUT2D eigenvalue weighted by atomic mass is 16.2. The number of carbonyl (C=O) groups excluding carboxylic acids is 1. The lowest BCUT2D eigenvalue weighted by Crippen LogP contribution is -2.32. The van der Waals surface area contributed by atoms with Crippen molar-refractivity contribution in [2.45, 2.75) is 26.7 Å². The molecule has 5 heteroatoms. The SMILES string of the molecule is Cc1ccc(-n2ncc(C(=O)N3C[C@H]4CNC[C@H]4C3)c2C(C)C)cc1. The molecule has 0 radical (unpaired) electrons. The Kier molecular flexibility index (Phi) is 4.12. The van der Waals surface area contributed by atoms with Crippen molar-refractivity contribution in [3.05, 3.63) is 47.3 Å². The summed E-state index contributed by atoms with van der Waals surface area (Å²) >= 11 is 0. The molecule has 3 heterocycles. The third-order valence-corrected chi connectivity index (χ3v) is 5.54. The molecular formula is C20H26N4O. The predicted molar refractivity (Wildman–Crippen MR) is 98.1 cm³/mol. The van der Waals surface area contributed by atoms with E-state index >= 15 is 0 Å². The van der Waals surface area contributed by atoms with Crippen LogP contribution >= 0.6 is 0 Å². The van der Waals surface area contributed by atoms with Crippen LogP contribution < -0.4 is 5.32 Å². The number of rotatable bonds is 3. The first-order valence-corrected chi connectivity index (χ1v) is 9.19. The molecule has 2 aliphatic heterocycles. The molecule has 132 valence electrons. The molecule has 1 aromatic carbocycles. The summed E-state index contributed by atoms with van der Waals surface area (Å²) in [6.07, 6.45) is 1.75. The average Bonchev–Trinajstić information content (AvgIpc) is 3.28. The zero-order chi connectivity index (χ0) is 17.6.